The molecular formula is C11H8F2O2S. The number of ether oxygens (including phenoxy) is 1. The van der Waals surface area contributed by atoms with Gasteiger partial charge in [0.2, 0.25) is 0 Å². The van der Waals surface area contributed by atoms with E-state index in [1.165, 1.54) is 7.11 Å². The van der Waals surface area contributed by atoms with Crippen molar-refractivity contribution in [1.82, 2.24) is 0 Å². The first-order valence-electron chi connectivity index (χ1n) is 4.52. The highest BCUT2D eigenvalue weighted by atomic mass is 32.1. The molecular weight excluding hydrogens is 234 g/mol. The third kappa shape index (κ3) is 1.90. The zero-order chi connectivity index (χ0) is 11.7. The first kappa shape index (κ1) is 11.0. The number of methoxy groups -OCH3 is 1. The molecule has 0 N–H and O–H groups in total. The molecule has 2 rings (SSSR count). The zero-order valence-electron chi connectivity index (χ0n) is 8.37. The standard InChI is InChI=1S/C11H8F2O2S/c1-15-6-2-3-9-7(4-6)8(14)5-10(16-9)11(12)13/h2-5,11H,1H3. The lowest BCUT2D eigenvalue weighted by Gasteiger charge is -2.03. The van der Waals surface area contributed by atoms with Crippen molar-refractivity contribution in [2.24, 2.45) is 0 Å². The van der Waals surface area contributed by atoms with Crippen LogP contribution in [-0.4, -0.2) is 7.11 Å². The van der Waals surface area contributed by atoms with Crippen LogP contribution in [0.4, 0.5) is 8.78 Å². The summed E-state index contributed by atoms with van der Waals surface area (Å²) in [5.74, 6) is 0.543. The van der Waals surface area contributed by atoms with Crippen LogP contribution in [0.1, 0.15) is 11.3 Å². The number of hydrogen-bond acceptors (Lipinski definition) is 3. The van der Waals surface area contributed by atoms with Gasteiger partial charge in [0.15, 0.2) is 5.43 Å². The van der Waals surface area contributed by atoms with Crippen LogP contribution in [0.15, 0.2) is 29.1 Å². The molecule has 5 heteroatoms. The van der Waals surface area contributed by atoms with Crippen molar-refractivity contribution >= 4 is 21.4 Å². The van der Waals surface area contributed by atoms with Crippen molar-refractivity contribution in [2.75, 3.05) is 7.11 Å². The second-order valence-corrected chi connectivity index (χ2v) is 4.29. The van der Waals surface area contributed by atoms with Crippen LogP contribution in [0.5, 0.6) is 5.75 Å². The molecule has 0 aliphatic rings. The van der Waals surface area contributed by atoms with Gasteiger partial charge >= 0.3 is 0 Å². The van der Waals surface area contributed by atoms with Crippen molar-refractivity contribution < 1.29 is 13.5 Å². The lowest BCUT2D eigenvalue weighted by Crippen LogP contribution is -2.01. The van der Waals surface area contributed by atoms with E-state index in [0.717, 1.165) is 17.4 Å². The van der Waals surface area contributed by atoms with Gasteiger partial charge in [0.1, 0.15) is 5.75 Å². The molecule has 0 aliphatic carbocycles. The lowest BCUT2D eigenvalue weighted by molar-refractivity contribution is 0.155. The van der Waals surface area contributed by atoms with Crippen molar-refractivity contribution in [3.63, 3.8) is 0 Å². The smallest absolute Gasteiger partial charge is 0.272 e. The molecule has 0 saturated heterocycles. The third-order valence-electron chi connectivity index (χ3n) is 2.17. The Balaban J connectivity index is 2.71. The number of fused-ring (bicyclic) bond motifs is 1. The Kier molecular flexibility index (Phi) is 2.87. The lowest BCUT2D eigenvalue weighted by atomic mass is 10.2. The van der Waals surface area contributed by atoms with E-state index in [0.29, 0.717) is 15.8 Å². The number of benzene rings is 1. The minimum Gasteiger partial charge on any atom is -0.497 e. The van der Waals surface area contributed by atoms with Crippen LogP contribution in [-0.2, 0) is 0 Å². The van der Waals surface area contributed by atoms with Crippen LogP contribution in [0.3, 0.4) is 0 Å². The molecule has 0 radical (unpaired) electrons. The van der Waals surface area contributed by atoms with E-state index in [4.69, 9.17) is 4.74 Å². The molecule has 84 valence electrons. The van der Waals surface area contributed by atoms with Gasteiger partial charge in [-0.3, -0.25) is 4.79 Å². The molecule has 0 bridgehead atoms. The van der Waals surface area contributed by atoms with Crippen molar-refractivity contribution in [3.8, 4) is 5.75 Å². The van der Waals surface area contributed by atoms with E-state index < -0.39 is 11.9 Å². The summed E-state index contributed by atoms with van der Waals surface area (Å²) in [6, 6.07) is 5.81. The average molecular weight is 242 g/mol. The normalized spacial score (nSPS) is 11.0. The number of rotatable bonds is 2. The van der Waals surface area contributed by atoms with E-state index in [9.17, 15) is 13.6 Å². The Morgan fingerprint density at radius 3 is 2.69 bits per heavy atom. The summed E-state index contributed by atoms with van der Waals surface area (Å²) in [5, 5.41) is 0.411. The van der Waals surface area contributed by atoms with Crippen LogP contribution in [0, 0.1) is 0 Å². The van der Waals surface area contributed by atoms with Crippen LogP contribution < -0.4 is 10.2 Å². The molecule has 16 heavy (non-hydrogen) atoms. The fourth-order valence-electron chi connectivity index (χ4n) is 1.39. The Hall–Kier alpha value is -1.49. The molecule has 0 spiro atoms. The first-order valence-corrected chi connectivity index (χ1v) is 5.33. The van der Waals surface area contributed by atoms with Gasteiger partial charge in [0.05, 0.1) is 12.0 Å². The molecule has 0 fully saturated rings. The summed E-state index contributed by atoms with van der Waals surface area (Å²) < 4.78 is 30.5. The van der Waals surface area contributed by atoms with Gasteiger partial charge in [-0.05, 0) is 18.2 Å². The SMILES string of the molecule is COc1ccc2sc(C(F)F)cc(=O)c2c1. The molecule has 2 nitrogen and oxygen atoms in total. The predicted molar refractivity (Wildman–Crippen MR) is 59.6 cm³/mol. The monoisotopic (exact) mass is 242 g/mol. The predicted octanol–water partition coefficient (Wildman–Crippen LogP) is 3.21. The van der Waals surface area contributed by atoms with Gasteiger partial charge in [-0.25, -0.2) is 8.78 Å². The highest BCUT2D eigenvalue weighted by molar-refractivity contribution is 7.18. The quantitative estimate of drug-likeness (QED) is 0.808. The summed E-state index contributed by atoms with van der Waals surface area (Å²) >= 11 is 0.923. The van der Waals surface area contributed by atoms with Crippen LogP contribution in [0.2, 0.25) is 0 Å². The minimum absolute atomic E-state index is 0.206. The summed E-state index contributed by atoms with van der Waals surface area (Å²) in [4.78, 5) is 11.4. The summed E-state index contributed by atoms with van der Waals surface area (Å²) in [5.41, 5.74) is -0.400. The van der Waals surface area contributed by atoms with E-state index in [-0.39, 0.29) is 4.88 Å². The Morgan fingerprint density at radius 2 is 2.06 bits per heavy atom. The van der Waals surface area contributed by atoms with E-state index in [1.54, 1.807) is 18.2 Å². The molecule has 2 aromatic rings. The zero-order valence-corrected chi connectivity index (χ0v) is 9.18. The van der Waals surface area contributed by atoms with Gasteiger partial charge in [0, 0.05) is 16.2 Å². The second kappa shape index (κ2) is 4.17. The number of hydrogen-bond donors (Lipinski definition) is 0. The average Bonchev–Trinajstić information content (AvgIpc) is 2.28. The maximum atomic E-state index is 12.5. The fraction of sp³-hybridized carbons (Fsp3) is 0.182. The Morgan fingerprint density at radius 1 is 1.31 bits per heavy atom. The molecule has 1 heterocycles. The molecule has 0 unspecified atom stereocenters. The van der Waals surface area contributed by atoms with E-state index in [2.05, 4.69) is 0 Å². The Bertz CT molecular complexity index is 578. The van der Waals surface area contributed by atoms with E-state index >= 15 is 0 Å². The van der Waals surface area contributed by atoms with Gasteiger partial charge in [0.25, 0.3) is 6.43 Å². The first-order chi connectivity index (χ1) is 7.61. The largest absolute Gasteiger partial charge is 0.497 e. The van der Waals surface area contributed by atoms with Gasteiger partial charge in [-0.1, -0.05) is 0 Å². The minimum atomic E-state index is -2.61. The number of halogens is 2. The van der Waals surface area contributed by atoms with Crippen molar-refractivity contribution in [3.05, 3.63) is 39.4 Å². The highest BCUT2D eigenvalue weighted by Gasteiger charge is 2.11. The van der Waals surface area contributed by atoms with Crippen LogP contribution in [0.25, 0.3) is 10.1 Å². The molecule has 1 aromatic heterocycles. The second-order valence-electron chi connectivity index (χ2n) is 3.18. The van der Waals surface area contributed by atoms with Crippen LogP contribution >= 0.6 is 11.3 Å². The fourth-order valence-corrected chi connectivity index (χ4v) is 2.30. The summed E-state index contributed by atoms with van der Waals surface area (Å²) in [7, 11) is 1.49. The molecule has 0 amide bonds. The molecule has 1 aromatic carbocycles. The van der Waals surface area contributed by atoms with E-state index in [1.807, 2.05) is 0 Å². The number of alkyl halides is 2. The third-order valence-corrected chi connectivity index (χ3v) is 3.28. The maximum absolute atomic E-state index is 12.5. The topological polar surface area (TPSA) is 26.3 Å². The van der Waals surface area contributed by atoms with Crippen molar-refractivity contribution in [2.45, 2.75) is 6.43 Å². The summed E-state index contributed by atoms with van der Waals surface area (Å²) in [6.45, 7) is 0. The van der Waals surface area contributed by atoms with Gasteiger partial charge < -0.3 is 4.74 Å². The van der Waals surface area contributed by atoms with Crippen molar-refractivity contribution in [1.29, 1.82) is 0 Å². The molecule has 0 saturated carbocycles. The highest BCUT2D eigenvalue weighted by Crippen LogP contribution is 2.28. The maximum Gasteiger partial charge on any atom is 0.272 e. The van der Waals surface area contributed by atoms with Gasteiger partial charge in [-0.2, -0.15) is 0 Å². The Labute approximate surface area is 94.1 Å². The molecule has 0 aliphatic heterocycles. The summed E-state index contributed by atoms with van der Waals surface area (Å²) in [6.07, 6.45) is -2.61. The van der Waals surface area contributed by atoms with Gasteiger partial charge in [-0.15, -0.1) is 11.3 Å². The molecule has 0 atom stereocenters.